The summed E-state index contributed by atoms with van der Waals surface area (Å²) in [7, 11) is 0. The molecule has 5 heteroatoms. The molecule has 3 rings (SSSR count). The molecule has 0 saturated carbocycles. The third kappa shape index (κ3) is 3.05. The molecule has 0 N–H and O–H groups in total. The van der Waals surface area contributed by atoms with E-state index in [1.54, 1.807) is 6.92 Å². The number of halogens is 1. The van der Waals surface area contributed by atoms with Crippen molar-refractivity contribution in [1.29, 1.82) is 0 Å². The molecule has 0 aromatic heterocycles. The summed E-state index contributed by atoms with van der Waals surface area (Å²) in [5.74, 6) is -1.17. The number of hydrogen-bond acceptors (Lipinski definition) is 3. The first-order valence-electron chi connectivity index (χ1n) is 8.02. The summed E-state index contributed by atoms with van der Waals surface area (Å²) in [4.78, 5) is 26.4. The summed E-state index contributed by atoms with van der Waals surface area (Å²) in [6.45, 7) is 5.84. The van der Waals surface area contributed by atoms with E-state index >= 15 is 0 Å². The maximum Gasteiger partial charge on any atom is 0.332 e. The number of esters is 1. The van der Waals surface area contributed by atoms with Crippen LogP contribution < -0.4 is 4.90 Å². The number of carbonyl (C=O) groups excluding carboxylic acids is 2. The number of hydrogen-bond donors (Lipinski definition) is 0. The van der Waals surface area contributed by atoms with Crippen LogP contribution >= 0.6 is 0 Å². The van der Waals surface area contributed by atoms with Gasteiger partial charge in [-0.3, -0.25) is 9.69 Å². The molecule has 1 aliphatic heterocycles. The van der Waals surface area contributed by atoms with Gasteiger partial charge in [0.15, 0.2) is 0 Å². The van der Waals surface area contributed by atoms with Crippen LogP contribution in [0.4, 0.5) is 10.1 Å². The molecule has 1 aliphatic rings. The maximum absolute atomic E-state index is 13.3. The minimum atomic E-state index is -0.525. The zero-order chi connectivity index (χ0) is 18.1. The van der Waals surface area contributed by atoms with Crippen LogP contribution in [0.2, 0.25) is 0 Å². The van der Waals surface area contributed by atoms with Gasteiger partial charge in [-0.15, -0.1) is 0 Å². The van der Waals surface area contributed by atoms with Gasteiger partial charge in [0, 0.05) is 22.9 Å². The molecule has 4 nitrogen and oxygen atoms in total. The van der Waals surface area contributed by atoms with Crippen LogP contribution in [0.3, 0.4) is 0 Å². The third-order valence-corrected chi connectivity index (χ3v) is 4.21. The van der Waals surface area contributed by atoms with E-state index in [-0.39, 0.29) is 12.5 Å². The van der Waals surface area contributed by atoms with Crippen molar-refractivity contribution in [3.63, 3.8) is 0 Å². The molecular formula is C20H18FNO3. The lowest BCUT2D eigenvalue weighted by atomic mass is 10.0. The highest BCUT2D eigenvalue weighted by Gasteiger charge is 2.34. The summed E-state index contributed by atoms with van der Waals surface area (Å²) in [6, 6.07) is 9.29. The van der Waals surface area contributed by atoms with Gasteiger partial charge < -0.3 is 4.74 Å². The SMILES string of the molecule is CCOC(=O)C=C1c2cc(C)c(C)cc2C(=O)N1c1ccc(F)cc1. The Labute approximate surface area is 145 Å². The smallest absolute Gasteiger partial charge is 0.332 e. The van der Waals surface area contributed by atoms with Crippen molar-refractivity contribution in [2.45, 2.75) is 20.8 Å². The lowest BCUT2D eigenvalue weighted by Gasteiger charge is -2.18. The Kier molecular flexibility index (Phi) is 4.40. The predicted octanol–water partition coefficient (Wildman–Crippen LogP) is 4.01. The summed E-state index contributed by atoms with van der Waals surface area (Å²) >= 11 is 0. The van der Waals surface area contributed by atoms with Crippen molar-refractivity contribution in [3.8, 4) is 0 Å². The van der Waals surface area contributed by atoms with Crippen molar-refractivity contribution < 1.29 is 18.7 Å². The summed E-state index contributed by atoms with van der Waals surface area (Å²) < 4.78 is 18.3. The highest BCUT2D eigenvalue weighted by atomic mass is 19.1. The summed E-state index contributed by atoms with van der Waals surface area (Å²) in [6.07, 6.45) is 1.31. The molecule has 0 atom stereocenters. The molecule has 2 aromatic rings. The zero-order valence-corrected chi connectivity index (χ0v) is 14.3. The predicted molar refractivity (Wildman–Crippen MR) is 93.7 cm³/mol. The maximum atomic E-state index is 13.3. The minimum Gasteiger partial charge on any atom is -0.463 e. The van der Waals surface area contributed by atoms with Crippen LogP contribution in [0.25, 0.3) is 5.70 Å². The van der Waals surface area contributed by atoms with E-state index in [1.807, 2.05) is 26.0 Å². The molecule has 0 radical (unpaired) electrons. The molecule has 0 saturated heterocycles. The van der Waals surface area contributed by atoms with Crippen LogP contribution in [0.15, 0.2) is 42.5 Å². The van der Waals surface area contributed by atoms with E-state index in [9.17, 15) is 14.0 Å². The van der Waals surface area contributed by atoms with Gasteiger partial charge in [-0.05, 0) is 68.3 Å². The average Bonchev–Trinajstić information content (AvgIpc) is 2.81. The Morgan fingerprint density at radius 1 is 1.12 bits per heavy atom. The fraction of sp³-hybridized carbons (Fsp3) is 0.200. The molecule has 2 aromatic carbocycles. The van der Waals surface area contributed by atoms with E-state index in [4.69, 9.17) is 4.74 Å². The molecule has 1 amide bonds. The number of anilines is 1. The molecule has 25 heavy (non-hydrogen) atoms. The monoisotopic (exact) mass is 339 g/mol. The number of amides is 1. The Balaban J connectivity index is 2.18. The second-order valence-electron chi connectivity index (χ2n) is 5.88. The average molecular weight is 339 g/mol. The first-order chi connectivity index (χ1) is 11.9. The molecule has 0 fully saturated rings. The molecule has 128 valence electrons. The van der Waals surface area contributed by atoms with Gasteiger partial charge in [-0.25, -0.2) is 9.18 Å². The van der Waals surface area contributed by atoms with Crippen LogP contribution in [0.1, 0.15) is 34.0 Å². The molecule has 1 heterocycles. The molecular weight excluding hydrogens is 321 g/mol. The molecule has 0 unspecified atom stereocenters. The van der Waals surface area contributed by atoms with Gasteiger partial charge in [0.2, 0.25) is 0 Å². The van der Waals surface area contributed by atoms with E-state index in [1.165, 1.54) is 35.2 Å². The largest absolute Gasteiger partial charge is 0.463 e. The van der Waals surface area contributed by atoms with E-state index < -0.39 is 11.8 Å². The highest BCUT2D eigenvalue weighted by molar-refractivity contribution is 6.24. The Morgan fingerprint density at radius 3 is 2.32 bits per heavy atom. The lowest BCUT2D eigenvalue weighted by Crippen LogP contribution is -2.23. The van der Waals surface area contributed by atoms with Crippen LogP contribution in [-0.4, -0.2) is 18.5 Å². The van der Waals surface area contributed by atoms with Crippen molar-refractivity contribution >= 4 is 23.3 Å². The van der Waals surface area contributed by atoms with Gasteiger partial charge in [0.1, 0.15) is 5.82 Å². The van der Waals surface area contributed by atoms with E-state index in [0.29, 0.717) is 22.5 Å². The number of fused-ring (bicyclic) bond motifs is 1. The fourth-order valence-corrected chi connectivity index (χ4v) is 2.84. The van der Waals surface area contributed by atoms with Gasteiger partial charge in [0.25, 0.3) is 5.91 Å². The first kappa shape index (κ1) is 16.9. The molecule has 0 aliphatic carbocycles. The normalized spacial score (nSPS) is 14.8. The van der Waals surface area contributed by atoms with Gasteiger partial charge in [-0.1, -0.05) is 0 Å². The standard InChI is InChI=1S/C20H18FNO3/c1-4-25-19(23)11-18-16-9-12(2)13(3)10-17(16)20(24)22(18)15-7-5-14(21)6-8-15/h5-11H,4H2,1-3H3. The summed E-state index contributed by atoms with van der Waals surface area (Å²) in [5, 5.41) is 0. The summed E-state index contributed by atoms with van der Waals surface area (Å²) in [5.41, 5.74) is 4.13. The highest BCUT2D eigenvalue weighted by Crippen LogP contribution is 2.38. The number of carbonyl (C=O) groups is 2. The second-order valence-corrected chi connectivity index (χ2v) is 5.88. The van der Waals surface area contributed by atoms with E-state index in [0.717, 1.165) is 11.1 Å². The second kappa shape index (κ2) is 6.51. The van der Waals surface area contributed by atoms with Crippen molar-refractivity contribution in [1.82, 2.24) is 0 Å². The Hall–Kier alpha value is -2.95. The van der Waals surface area contributed by atoms with Crippen molar-refractivity contribution in [3.05, 3.63) is 70.5 Å². The molecule has 0 bridgehead atoms. The fourth-order valence-electron chi connectivity index (χ4n) is 2.84. The first-order valence-corrected chi connectivity index (χ1v) is 8.02. The number of rotatable bonds is 3. The van der Waals surface area contributed by atoms with Crippen molar-refractivity contribution in [2.75, 3.05) is 11.5 Å². The van der Waals surface area contributed by atoms with Gasteiger partial charge in [-0.2, -0.15) is 0 Å². The minimum absolute atomic E-state index is 0.243. The van der Waals surface area contributed by atoms with Gasteiger partial charge in [0.05, 0.1) is 12.3 Å². The zero-order valence-electron chi connectivity index (χ0n) is 14.3. The lowest BCUT2D eigenvalue weighted by molar-refractivity contribution is -0.137. The Morgan fingerprint density at radius 2 is 1.72 bits per heavy atom. The number of nitrogens with zero attached hydrogens (tertiary/aromatic N) is 1. The number of benzene rings is 2. The Bertz CT molecular complexity index is 885. The quantitative estimate of drug-likeness (QED) is 0.627. The van der Waals surface area contributed by atoms with Crippen LogP contribution in [0, 0.1) is 19.7 Å². The van der Waals surface area contributed by atoms with Crippen molar-refractivity contribution in [2.24, 2.45) is 0 Å². The van der Waals surface area contributed by atoms with Gasteiger partial charge >= 0.3 is 5.97 Å². The van der Waals surface area contributed by atoms with Crippen LogP contribution in [0.5, 0.6) is 0 Å². The number of ether oxygens (including phenoxy) is 1. The number of aryl methyl sites for hydroxylation is 2. The van der Waals surface area contributed by atoms with Crippen LogP contribution in [-0.2, 0) is 9.53 Å². The van der Waals surface area contributed by atoms with E-state index in [2.05, 4.69) is 0 Å². The third-order valence-electron chi connectivity index (χ3n) is 4.21. The molecule has 0 spiro atoms. The topological polar surface area (TPSA) is 46.6 Å².